The summed E-state index contributed by atoms with van der Waals surface area (Å²) >= 11 is 0. The lowest BCUT2D eigenvalue weighted by Crippen LogP contribution is -2.30. The van der Waals surface area contributed by atoms with E-state index in [2.05, 4.69) is 10.6 Å². The summed E-state index contributed by atoms with van der Waals surface area (Å²) in [5.74, 6) is 0.491. The highest BCUT2D eigenvalue weighted by Gasteiger charge is 2.03. The minimum atomic E-state index is -0.488. The molecule has 19 heavy (non-hydrogen) atoms. The lowest BCUT2D eigenvalue weighted by atomic mass is 9.97. The number of amides is 1. The molecule has 2 radical (unpaired) electrons. The average molecular weight is 262 g/mol. The summed E-state index contributed by atoms with van der Waals surface area (Å²) in [6.45, 7) is 2.29. The zero-order chi connectivity index (χ0) is 13.9. The van der Waals surface area contributed by atoms with Crippen molar-refractivity contribution in [3.63, 3.8) is 0 Å². The third-order valence-electron chi connectivity index (χ3n) is 2.38. The molecule has 0 aliphatic heterocycles. The first-order valence-electron chi connectivity index (χ1n) is 6.23. The molecule has 0 aromatic heterocycles. The standard InChI is InChI=1S/C13H19BN2O3/c1-15-6-8-18-9-7-16-13(17)19-12-4-2-11(10-14)3-5-12/h2-5,15H,6-10H2,1H3,(H,16,17). The van der Waals surface area contributed by atoms with Gasteiger partial charge >= 0.3 is 6.09 Å². The van der Waals surface area contributed by atoms with Crippen LogP contribution in [-0.2, 0) is 11.1 Å². The lowest BCUT2D eigenvalue weighted by Gasteiger charge is -2.07. The molecule has 0 aliphatic carbocycles. The fraction of sp³-hybridized carbons (Fsp3) is 0.462. The maximum absolute atomic E-state index is 11.4. The normalized spacial score (nSPS) is 10.2. The topological polar surface area (TPSA) is 59.6 Å². The fourth-order valence-electron chi connectivity index (χ4n) is 1.34. The van der Waals surface area contributed by atoms with Gasteiger partial charge in [0.15, 0.2) is 0 Å². The van der Waals surface area contributed by atoms with Crippen molar-refractivity contribution in [3.05, 3.63) is 29.8 Å². The Kier molecular flexibility index (Phi) is 7.69. The predicted octanol–water partition coefficient (Wildman–Crippen LogP) is 0.679. The number of hydrogen-bond acceptors (Lipinski definition) is 4. The van der Waals surface area contributed by atoms with Crippen molar-refractivity contribution < 1.29 is 14.3 Å². The van der Waals surface area contributed by atoms with Crippen LogP contribution in [-0.4, -0.2) is 47.3 Å². The van der Waals surface area contributed by atoms with Gasteiger partial charge in [-0.05, 0) is 19.2 Å². The molecule has 1 aromatic carbocycles. The summed E-state index contributed by atoms with van der Waals surface area (Å²) in [5, 5.41) is 5.57. The number of carbonyl (C=O) groups excluding carboxylic acids is 1. The average Bonchev–Trinajstić information content (AvgIpc) is 2.43. The number of benzene rings is 1. The third-order valence-corrected chi connectivity index (χ3v) is 2.38. The molecular weight excluding hydrogens is 243 g/mol. The largest absolute Gasteiger partial charge is 0.412 e. The Balaban J connectivity index is 2.16. The van der Waals surface area contributed by atoms with Crippen molar-refractivity contribution in [2.24, 2.45) is 0 Å². The molecule has 1 aromatic rings. The van der Waals surface area contributed by atoms with Crippen LogP contribution in [0.25, 0.3) is 0 Å². The van der Waals surface area contributed by atoms with Crippen LogP contribution in [0.5, 0.6) is 5.75 Å². The van der Waals surface area contributed by atoms with Crippen molar-refractivity contribution in [1.29, 1.82) is 0 Å². The van der Waals surface area contributed by atoms with E-state index in [1.807, 2.05) is 19.2 Å². The van der Waals surface area contributed by atoms with E-state index in [0.29, 0.717) is 31.8 Å². The van der Waals surface area contributed by atoms with Crippen LogP contribution in [0.4, 0.5) is 4.79 Å². The molecule has 1 rings (SSSR count). The maximum Gasteiger partial charge on any atom is 0.412 e. The van der Waals surface area contributed by atoms with E-state index in [0.717, 1.165) is 12.1 Å². The van der Waals surface area contributed by atoms with Crippen LogP contribution in [0.3, 0.4) is 0 Å². The highest BCUT2D eigenvalue weighted by atomic mass is 16.6. The number of hydrogen-bond donors (Lipinski definition) is 2. The molecule has 0 heterocycles. The number of nitrogens with one attached hydrogen (secondary N) is 2. The van der Waals surface area contributed by atoms with Crippen LogP contribution in [0.2, 0.25) is 0 Å². The van der Waals surface area contributed by atoms with E-state index in [1.165, 1.54) is 0 Å². The highest BCUT2D eigenvalue weighted by Crippen LogP contribution is 2.11. The summed E-state index contributed by atoms with van der Waals surface area (Å²) in [5.41, 5.74) is 0.991. The van der Waals surface area contributed by atoms with Crippen LogP contribution < -0.4 is 15.4 Å². The zero-order valence-electron chi connectivity index (χ0n) is 11.1. The summed E-state index contributed by atoms with van der Waals surface area (Å²) in [7, 11) is 7.33. The molecule has 0 spiro atoms. The van der Waals surface area contributed by atoms with Crippen LogP contribution in [0.15, 0.2) is 24.3 Å². The van der Waals surface area contributed by atoms with Crippen LogP contribution >= 0.6 is 0 Å². The van der Waals surface area contributed by atoms with Gasteiger partial charge < -0.3 is 20.1 Å². The van der Waals surface area contributed by atoms with E-state index in [1.54, 1.807) is 12.1 Å². The van der Waals surface area contributed by atoms with E-state index in [-0.39, 0.29) is 0 Å². The molecule has 0 saturated heterocycles. The Hall–Kier alpha value is -1.53. The van der Waals surface area contributed by atoms with Gasteiger partial charge in [-0.25, -0.2) is 4.79 Å². The maximum atomic E-state index is 11.4. The molecule has 5 nitrogen and oxygen atoms in total. The van der Waals surface area contributed by atoms with Crippen LogP contribution in [0, 0.1) is 0 Å². The molecule has 102 valence electrons. The second-order valence-corrected chi connectivity index (χ2v) is 3.88. The summed E-state index contributed by atoms with van der Waals surface area (Å²) < 4.78 is 10.3. The third kappa shape index (κ3) is 6.83. The molecule has 0 unspecified atom stereocenters. The molecule has 6 heteroatoms. The molecular formula is C13H19BN2O3. The Labute approximate surface area is 115 Å². The monoisotopic (exact) mass is 262 g/mol. The molecule has 0 bridgehead atoms. The number of ether oxygens (including phenoxy) is 2. The lowest BCUT2D eigenvalue weighted by molar-refractivity contribution is 0.136. The van der Waals surface area contributed by atoms with E-state index >= 15 is 0 Å². The fourth-order valence-corrected chi connectivity index (χ4v) is 1.34. The Morgan fingerprint density at radius 3 is 2.53 bits per heavy atom. The smallest absolute Gasteiger partial charge is 0.410 e. The molecule has 0 atom stereocenters. The molecule has 0 aliphatic rings. The second kappa shape index (κ2) is 9.41. The predicted molar refractivity (Wildman–Crippen MR) is 74.7 cm³/mol. The quantitative estimate of drug-likeness (QED) is 0.534. The van der Waals surface area contributed by atoms with Gasteiger partial charge in [0.1, 0.15) is 5.75 Å². The summed E-state index contributed by atoms with van der Waals surface area (Å²) in [6.07, 6.45) is -0.0195. The van der Waals surface area contributed by atoms with Crippen LogP contribution in [0.1, 0.15) is 5.56 Å². The first kappa shape index (κ1) is 15.5. The Bertz CT molecular complexity index is 371. The Morgan fingerprint density at radius 2 is 1.89 bits per heavy atom. The van der Waals surface area contributed by atoms with Gasteiger partial charge in [0, 0.05) is 13.1 Å². The minimum Gasteiger partial charge on any atom is -0.410 e. The minimum absolute atomic E-state index is 0.420. The van der Waals surface area contributed by atoms with E-state index in [4.69, 9.17) is 17.3 Å². The van der Waals surface area contributed by atoms with Gasteiger partial charge in [-0.1, -0.05) is 24.0 Å². The van der Waals surface area contributed by atoms with Gasteiger partial charge in [0.2, 0.25) is 0 Å². The van der Waals surface area contributed by atoms with Gasteiger partial charge in [0.25, 0.3) is 0 Å². The van der Waals surface area contributed by atoms with Crippen molar-refractivity contribution in [1.82, 2.24) is 10.6 Å². The number of likely N-dealkylation sites (N-methyl/N-ethyl adjacent to an activating group) is 1. The van der Waals surface area contributed by atoms with Gasteiger partial charge in [0.05, 0.1) is 21.1 Å². The van der Waals surface area contributed by atoms with Crippen molar-refractivity contribution >= 4 is 13.9 Å². The van der Waals surface area contributed by atoms with Gasteiger partial charge in [-0.2, -0.15) is 0 Å². The van der Waals surface area contributed by atoms with E-state index < -0.39 is 6.09 Å². The second-order valence-electron chi connectivity index (χ2n) is 3.88. The molecule has 2 N–H and O–H groups in total. The number of rotatable bonds is 8. The molecule has 0 fully saturated rings. The summed E-state index contributed by atoms with van der Waals surface area (Å²) in [4.78, 5) is 11.4. The first-order chi connectivity index (χ1) is 9.26. The Morgan fingerprint density at radius 1 is 1.21 bits per heavy atom. The molecule has 1 amide bonds. The summed E-state index contributed by atoms with van der Waals surface area (Å²) in [6, 6.07) is 7.07. The highest BCUT2D eigenvalue weighted by molar-refractivity contribution is 6.08. The van der Waals surface area contributed by atoms with Gasteiger partial charge in [-0.15, -0.1) is 0 Å². The van der Waals surface area contributed by atoms with Crippen molar-refractivity contribution in [2.75, 3.05) is 33.4 Å². The zero-order valence-corrected chi connectivity index (χ0v) is 11.1. The SMILES string of the molecule is [B]Cc1ccc(OC(=O)NCCOCCNC)cc1. The van der Waals surface area contributed by atoms with Crippen molar-refractivity contribution in [2.45, 2.75) is 6.32 Å². The van der Waals surface area contributed by atoms with Gasteiger partial charge in [-0.3, -0.25) is 0 Å². The number of carbonyl (C=O) groups is 1. The van der Waals surface area contributed by atoms with E-state index in [9.17, 15) is 4.79 Å². The molecule has 0 saturated carbocycles. The first-order valence-corrected chi connectivity index (χ1v) is 6.23. The van der Waals surface area contributed by atoms with Crippen molar-refractivity contribution in [3.8, 4) is 5.75 Å².